The van der Waals surface area contributed by atoms with Gasteiger partial charge in [0.15, 0.2) is 5.82 Å². The van der Waals surface area contributed by atoms with Crippen molar-refractivity contribution in [3.8, 4) is 5.82 Å². The molecule has 5 heteroatoms. The van der Waals surface area contributed by atoms with Gasteiger partial charge in [0, 0.05) is 23.4 Å². The number of aromatic nitrogens is 3. The lowest BCUT2D eigenvalue weighted by Gasteiger charge is -2.07. The number of halogens is 1. The second-order valence-corrected chi connectivity index (χ2v) is 5.25. The van der Waals surface area contributed by atoms with Crippen LogP contribution < -0.4 is 5.32 Å². The Morgan fingerprint density at radius 2 is 1.95 bits per heavy atom. The molecule has 3 rings (SSSR count). The summed E-state index contributed by atoms with van der Waals surface area (Å²) in [4.78, 5) is 4.38. The van der Waals surface area contributed by atoms with Crippen molar-refractivity contribution < 1.29 is 0 Å². The molecule has 1 aromatic carbocycles. The molecule has 0 unspecified atom stereocenters. The third-order valence-corrected chi connectivity index (χ3v) is 3.43. The molecular weight excluding hydrogens is 316 g/mol. The second-order valence-electron chi connectivity index (χ2n) is 4.34. The molecule has 4 nitrogen and oxygen atoms in total. The predicted molar refractivity (Wildman–Crippen MR) is 82.8 cm³/mol. The van der Waals surface area contributed by atoms with Crippen molar-refractivity contribution in [2.75, 3.05) is 5.32 Å². The fourth-order valence-electron chi connectivity index (χ4n) is 1.84. The lowest BCUT2D eigenvalue weighted by atomic mass is 10.2. The van der Waals surface area contributed by atoms with Gasteiger partial charge in [-0.2, -0.15) is 5.10 Å². The third-order valence-electron chi connectivity index (χ3n) is 2.90. The number of benzene rings is 1. The maximum atomic E-state index is 4.38. The summed E-state index contributed by atoms with van der Waals surface area (Å²) in [5.74, 6) is 0.809. The van der Waals surface area contributed by atoms with Gasteiger partial charge >= 0.3 is 0 Å². The molecule has 0 aliphatic carbocycles. The van der Waals surface area contributed by atoms with Crippen molar-refractivity contribution in [2.45, 2.75) is 6.54 Å². The highest BCUT2D eigenvalue weighted by molar-refractivity contribution is 9.10. The van der Waals surface area contributed by atoms with E-state index in [1.54, 1.807) is 10.9 Å². The molecule has 20 heavy (non-hydrogen) atoms. The standard InChI is InChI=1S/C15H13BrN4/c16-13-4-2-12(3-5-13)10-17-14-6-7-15(18-11-14)20-9-1-8-19-20/h1-9,11,17H,10H2. The van der Waals surface area contributed by atoms with Crippen LogP contribution in [0.3, 0.4) is 0 Å². The number of nitrogens with one attached hydrogen (secondary N) is 1. The topological polar surface area (TPSA) is 42.7 Å². The fraction of sp³-hybridized carbons (Fsp3) is 0.0667. The Hall–Kier alpha value is -2.14. The van der Waals surface area contributed by atoms with Crippen LogP contribution in [0.2, 0.25) is 0 Å². The van der Waals surface area contributed by atoms with Gasteiger partial charge in [-0.05, 0) is 35.9 Å². The zero-order valence-corrected chi connectivity index (χ0v) is 12.3. The first-order valence-electron chi connectivity index (χ1n) is 6.26. The Labute approximate surface area is 125 Å². The van der Waals surface area contributed by atoms with Crippen molar-refractivity contribution in [2.24, 2.45) is 0 Å². The highest BCUT2D eigenvalue weighted by Crippen LogP contribution is 2.13. The molecular formula is C15H13BrN4. The number of hydrogen-bond donors (Lipinski definition) is 1. The monoisotopic (exact) mass is 328 g/mol. The molecule has 3 aromatic rings. The van der Waals surface area contributed by atoms with Gasteiger partial charge < -0.3 is 5.32 Å². The Morgan fingerprint density at radius 1 is 1.10 bits per heavy atom. The summed E-state index contributed by atoms with van der Waals surface area (Å²) >= 11 is 3.43. The lowest BCUT2D eigenvalue weighted by Crippen LogP contribution is -2.02. The summed E-state index contributed by atoms with van der Waals surface area (Å²) < 4.78 is 2.82. The first-order chi connectivity index (χ1) is 9.81. The Bertz CT molecular complexity index is 660. The zero-order chi connectivity index (χ0) is 13.8. The summed E-state index contributed by atoms with van der Waals surface area (Å²) in [5.41, 5.74) is 2.22. The number of hydrogen-bond acceptors (Lipinski definition) is 3. The van der Waals surface area contributed by atoms with Crippen LogP contribution in [0.15, 0.2) is 65.5 Å². The van der Waals surface area contributed by atoms with Gasteiger partial charge in [-0.25, -0.2) is 9.67 Å². The fourth-order valence-corrected chi connectivity index (χ4v) is 2.10. The van der Waals surface area contributed by atoms with E-state index in [0.717, 1.165) is 22.5 Å². The number of pyridine rings is 1. The normalized spacial score (nSPS) is 10.4. The Balaban J connectivity index is 1.65. The first kappa shape index (κ1) is 12.9. The van der Waals surface area contributed by atoms with Crippen LogP contribution in [0.5, 0.6) is 0 Å². The van der Waals surface area contributed by atoms with E-state index in [9.17, 15) is 0 Å². The molecule has 0 aliphatic heterocycles. The number of nitrogens with zero attached hydrogens (tertiary/aromatic N) is 3. The lowest BCUT2D eigenvalue weighted by molar-refractivity contribution is 0.847. The molecule has 0 spiro atoms. The van der Waals surface area contributed by atoms with E-state index in [2.05, 4.69) is 43.5 Å². The van der Waals surface area contributed by atoms with E-state index >= 15 is 0 Å². The van der Waals surface area contributed by atoms with Crippen LogP contribution in [0.1, 0.15) is 5.56 Å². The van der Waals surface area contributed by atoms with Gasteiger partial charge in [-0.15, -0.1) is 0 Å². The molecule has 0 fully saturated rings. The third kappa shape index (κ3) is 3.05. The van der Waals surface area contributed by atoms with Crippen LogP contribution in [0.4, 0.5) is 5.69 Å². The van der Waals surface area contributed by atoms with E-state index in [1.807, 2.05) is 42.7 Å². The SMILES string of the molecule is Brc1ccc(CNc2ccc(-n3cccn3)nc2)cc1. The minimum absolute atomic E-state index is 0.774. The Morgan fingerprint density at radius 3 is 2.60 bits per heavy atom. The second kappa shape index (κ2) is 5.88. The van der Waals surface area contributed by atoms with Crippen LogP contribution in [-0.2, 0) is 6.54 Å². The van der Waals surface area contributed by atoms with E-state index in [0.29, 0.717) is 0 Å². The van der Waals surface area contributed by atoms with E-state index < -0.39 is 0 Å². The van der Waals surface area contributed by atoms with Crippen LogP contribution in [0.25, 0.3) is 5.82 Å². The smallest absolute Gasteiger partial charge is 0.153 e. The average molecular weight is 329 g/mol. The highest BCUT2D eigenvalue weighted by atomic mass is 79.9. The largest absolute Gasteiger partial charge is 0.380 e. The molecule has 0 amide bonds. The molecule has 100 valence electrons. The average Bonchev–Trinajstić information content (AvgIpc) is 3.01. The number of anilines is 1. The molecule has 2 aromatic heterocycles. The van der Waals surface area contributed by atoms with Crippen molar-refractivity contribution in [1.82, 2.24) is 14.8 Å². The Kier molecular flexibility index (Phi) is 3.78. The van der Waals surface area contributed by atoms with Gasteiger partial charge in [-0.3, -0.25) is 0 Å². The molecule has 0 saturated carbocycles. The van der Waals surface area contributed by atoms with Crippen molar-refractivity contribution in [3.05, 3.63) is 71.1 Å². The highest BCUT2D eigenvalue weighted by Gasteiger charge is 1.99. The van der Waals surface area contributed by atoms with E-state index in [-0.39, 0.29) is 0 Å². The molecule has 0 radical (unpaired) electrons. The summed E-state index contributed by atoms with van der Waals surface area (Å²) in [6.07, 6.45) is 5.43. The van der Waals surface area contributed by atoms with Gasteiger partial charge in [0.25, 0.3) is 0 Å². The van der Waals surface area contributed by atoms with Gasteiger partial charge in [0.2, 0.25) is 0 Å². The predicted octanol–water partition coefficient (Wildman–Crippen LogP) is 3.64. The van der Waals surface area contributed by atoms with E-state index in [4.69, 9.17) is 0 Å². The van der Waals surface area contributed by atoms with Crippen LogP contribution >= 0.6 is 15.9 Å². The minimum atomic E-state index is 0.774. The molecule has 0 aliphatic rings. The van der Waals surface area contributed by atoms with Gasteiger partial charge in [0.1, 0.15) is 0 Å². The van der Waals surface area contributed by atoms with Gasteiger partial charge in [0.05, 0.1) is 11.9 Å². The summed E-state index contributed by atoms with van der Waals surface area (Å²) in [7, 11) is 0. The molecule has 1 N–H and O–H groups in total. The zero-order valence-electron chi connectivity index (χ0n) is 10.7. The van der Waals surface area contributed by atoms with Crippen molar-refractivity contribution in [3.63, 3.8) is 0 Å². The van der Waals surface area contributed by atoms with Crippen LogP contribution in [-0.4, -0.2) is 14.8 Å². The van der Waals surface area contributed by atoms with Crippen molar-refractivity contribution >= 4 is 21.6 Å². The summed E-state index contributed by atoms with van der Waals surface area (Å²) in [6, 6.07) is 14.1. The maximum Gasteiger partial charge on any atom is 0.153 e. The maximum absolute atomic E-state index is 4.38. The van der Waals surface area contributed by atoms with E-state index in [1.165, 1.54) is 5.56 Å². The minimum Gasteiger partial charge on any atom is -0.380 e. The molecule has 2 heterocycles. The molecule has 0 bridgehead atoms. The van der Waals surface area contributed by atoms with Crippen molar-refractivity contribution in [1.29, 1.82) is 0 Å². The first-order valence-corrected chi connectivity index (χ1v) is 7.05. The quantitative estimate of drug-likeness (QED) is 0.795. The number of rotatable bonds is 4. The summed E-state index contributed by atoms with van der Waals surface area (Å²) in [5, 5.41) is 7.49. The van der Waals surface area contributed by atoms with Gasteiger partial charge in [-0.1, -0.05) is 28.1 Å². The van der Waals surface area contributed by atoms with Crippen LogP contribution in [0, 0.1) is 0 Å². The molecule has 0 saturated heterocycles. The molecule has 0 atom stereocenters. The summed E-state index contributed by atoms with van der Waals surface area (Å²) in [6.45, 7) is 0.774.